The molecular weight excluding hydrogens is 406 g/mol. The number of esters is 1. The van der Waals surface area contributed by atoms with Crippen LogP contribution in [0, 0.1) is 0 Å². The van der Waals surface area contributed by atoms with Crippen LogP contribution < -0.4 is 24.3 Å². The van der Waals surface area contributed by atoms with Crippen LogP contribution in [0.5, 0.6) is 17.2 Å². The number of methoxy groups -OCH3 is 2. The molecule has 4 aromatic rings. The number of ether oxygens (including phenoxy) is 3. The number of aromatic nitrogens is 3. The fraction of sp³-hybridized carbons (Fsp3) is 0.143. The summed E-state index contributed by atoms with van der Waals surface area (Å²) < 4.78 is 17.4. The summed E-state index contributed by atoms with van der Waals surface area (Å²) in [7, 11) is 3.12. The minimum atomic E-state index is -0.385. The highest BCUT2D eigenvalue weighted by Crippen LogP contribution is 2.31. The lowest BCUT2D eigenvalue weighted by molar-refractivity contribution is -0.131. The van der Waals surface area contributed by atoms with E-state index in [1.165, 1.54) is 22.8 Å². The van der Waals surface area contributed by atoms with Crippen LogP contribution in [0.25, 0.3) is 22.4 Å². The molecule has 2 aromatic carbocycles. The van der Waals surface area contributed by atoms with Gasteiger partial charge >= 0.3 is 5.97 Å². The maximum Gasteiger partial charge on any atom is 0.308 e. The molecule has 8 nitrogen and oxygen atoms in total. The molecule has 0 saturated carbocycles. The van der Waals surface area contributed by atoms with E-state index in [0.29, 0.717) is 32.6 Å². The largest absolute Gasteiger partial charge is 0.493 e. The van der Waals surface area contributed by atoms with Gasteiger partial charge in [-0.1, -0.05) is 23.5 Å². The lowest BCUT2D eigenvalue weighted by atomic mass is 10.2. The summed E-state index contributed by atoms with van der Waals surface area (Å²) in [4.78, 5) is 28.7. The molecule has 2 heterocycles. The molecule has 152 valence electrons. The van der Waals surface area contributed by atoms with Crippen molar-refractivity contribution in [3.05, 3.63) is 62.9 Å². The van der Waals surface area contributed by atoms with Crippen LogP contribution >= 0.6 is 11.3 Å². The first kappa shape index (κ1) is 19.6. The molecule has 9 heteroatoms. The van der Waals surface area contributed by atoms with Crippen molar-refractivity contribution in [3.8, 4) is 28.6 Å². The fourth-order valence-electron chi connectivity index (χ4n) is 2.88. The zero-order valence-corrected chi connectivity index (χ0v) is 17.2. The van der Waals surface area contributed by atoms with Crippen LogP contribution in [-0.2, 0) is 4.79 Å². The minimum absolute atomic E-state index is 0.252. The van der Waals surface area contributed by atoms with Crippen LogP contribution in [0.4, 0.5) is 0 Å². The van der Waals surface area contributed by atoms with Gasteiger partial charge in [-0.2, -0.15) is 9.50 Å². The number of hydrogen-bond acceptors (Lipinski definition) is 8. The first-order valence-corrected chi connectivity index (χ1v) is 9.72. The highest BCUT2D eigenvalue weighted by atomic mass is 32.1. The van der Waals surface area contributed by atoms with Crippen molar-refractivity contribution in [1.82, 2.24) is 14.6 Å². The summed E-state index contributed by atoms with van der Waals surface area (Å²) in [5, 5.41) is 4.35. The van der Waals surface area contributed by atoms with Crippen LogP contribution in [0.3, 0.4) is 0 Å². The summed E-state index contributed by atoms with van der Waals surface area (Å²) >= 11 is 1.25. The Morgan fingerprint density at radius 1 is 1.07 bits per heavy atom. The Morgan fingerprint density at radius 3 is 2.43 bits per heavy atom. The van der Waals surface area contributed by atoms with Gasteiger partial charge in [0.15, 0.2) is 17.3 Å². The van der Waals surface area contributed by atoms with E-state index in [1.54, 1.807) is 56.7 Å². The van der Waals surface area contributed by atoms with Gasteiger partial charge in [0.2, 0.25) is 4.96 Å². The normalized spacial score (nSPS) is 11.6. The Kier molecular flexibility index (Phi) is 5.20. The summed E-state index contributed by atoms with van der Waals surface area (Å²) in [6.07, 6.45) is 1.75. The van der Waals surface area contributed by atoms with Crippen LogP contribution in [0.2, 0.25) is 0 Å². The summed E-state index contributed by atoms with van der Waals surface area (Å²) in [6, 6.07) is 12.2. The fourth-order valence-corrected chi connectivity index (χ4v) is 3.79. The summed E-state index contributed by atoms with van der Waals surface area (Å²) in [5.41, 5.74) is 1.26. The second-order valence-corrected chi connectivity index (χ2v) is 7.29. The van der Waals surface area contributed by atoms with E-state index < -0.39 is 0 Å². The first-order chi connectivity index (χ1) is 14.5. The molecule has 0 radical (unpaired) electrons. The molecule has 0 fully saturated rings. The van der Waals surface area contributed by atoms with Gasteiger partial charge in [0, 0.05) is 12.5 Å². The van der Waals surface area contributed by atoms with Gasteiger partial charge in [-0.15, -0.1) is 5.10 Å². The molecule has 0 atom stereocenters. The number of carbonyl (C=O) groups is 1. The average Bonchev–Trinajstić information content (AvgIpc) is 3.28. The van der Waals surface area contributed by atoms with E-state index in [2.05, 4.69) is 10.1 Å². The quantitative estimate of drug-likeness (QED) is 0.359. The van der Waals surface area contributed by atoms with Crippen molar-refractivity contribution >= 4 is 28.3 Å². The number of fused-ring (bicyclic) bond motifs is 1. The zero-order valence-electron chi connectivity index (χ0n) is 16.4. The number of hydrogen-bond donors (Lipinski definition) is 0. The van der Waals surface area contributed by atoms with Crippen molar-refractivity contribution in [2.45, 2.75) is 6.92 Å². The average molecular weight is 423 g/mol. The smallest absolute Gasteiger partial charge is 0.308 e. The molecule has 2 aromatic heterocycles. The number of rotatable bonds is 5. The summed E-state index contributed by atoms with van der Waals surface area (Å²) in [5.74, 6) is 1.65. The van der Waals surface area contributed by atoms with Crippen molar-refractivity contribution in [1.29, 1.82) is 0 Å². The predicted molar refractivity (Wildman–Crippen MR) is 112 cm³/mol. The molecule has 0 bridgehead atoms. The number of benzene rings is 2. The molecule has 0 spiro atoms. The van der Waals surface area contributed by atoms with Gasteiger partial charge < -0.3 is 14.2 Å². The highest BCUT2D eigenvalue weighted by Gasteiger charge is 2.14. The number of nitrogens with zero attached hydrogens (tertiary/aromatic N) is 3. The second-order valence-electron chi connectivity index (χ2n) is 6.28. The Morgan fingerprint density at radius 2 is 1.80 bits per heavy atom. The lowest BCUT2D eigenvalue weighted by Gasteiger charge is -2.07. The molecule has 0 unspecified atom stereocenters. The SMILES string of the molecule is COc1ccc(-c2nc3s/c(=C\c4ccc(OC(C)=O)cc4)c(=O)n3n2)cc1OC. The van der Waals surface area contributed by atoms with Crippen molar-refractivity contribution in [2.24, 2.45) is 0 Å². The zero-order chi connectivity index (χ0) is 21.3. The van der Waals surface area contributed by atoms with Crippen LogP contribution in [0.15, 0.2) is 47.3 Å². The third-order valence-electron chi connectivity index (χ3n) is 4.26. The van der Waals surface area contributed by atoms with Crippen molar-refractivity contribution in [2.75, 3.05) is 14.2 Å². The van der Waals surface area contributed by atoms with Crippen molar-refractivity contribution in [3.63, 3.8) is 0 Å². The van der Waals surface area contributed by atoms with E-state index >= 15 is 0 Å². The Bertz CT molecular complexity index is 1340. The Hall–Kier alpha value is -3.72. The standard InChI is InChI=1S/C21H17N3O5S/c1-12(25)29-15-7-4-13(5-8-15)10-18-20(26)24-21(30-18)22-19(23-24)14-6-9-16(27-2)17(11-14)28-3/h4-11H,1-3H3/b18-10-. The predicted octanol–water partition coefficient (Wildman–Crippen LogP) is 2.31. The monoisotopic (exact) mass is 423 g/mol. The molecule has 30 heavy (non-hydrogen) atoms. The lowest BCUT2D eigenvalue weighted by Crippen LogP contribution is -2.23. The van der Waals surface area contributed by atoms with Crippen LogP contribution in [0.1, 0.15) is 12.5 Å². The maximum absolute atomic E-state index is 12.7. The Balaban J connectivity index is 1.68. The van der Waals surface area contributed by atoms with E-state index in [-0.39, 0.29) is 11.5 Å². The van der Waals surface area contributed by atoms with E-state index in [4.69, 9.17) is 14.2 Å². The van der Waals surface area contributed by atoms with Gasteiger partial charge in [0.1, 0.15) is 5.75 Å². The minimum Gasteiger partial charge on any atom is -0.493 e. The van der Waals surface area contributed by atoms with Gasteiger partial charge in [-0.3, -0.25) is 9.59 Å². The molecule has 0 saturated heterocycles. The van der Waals surface area contributed by atoms with E-state index in [9.17, 15) is 9.59 Å². The third-order valence-corrected chi connectivity index (χ3v) is 5.22. The molecule has 0 amide bonds. The molecule has 0 N–H and O–H groups in total. The maximum atomic E-state index is 12.7. The first-order valence-electron chi connectivity index (χ1n) is 8.90. The highest BCUT2D eigenvalue weighted by molar-refractivity contribution is 7.15. The number of thiazole rings is 1. The van der Waals surface area contributed by atoms with Crippen LogP contribution in [-0.4, -0.2) is 34.8 Å². The van der Waals surface area contributed by atoms with Gasteiger partial charge in [0.05, 0.1) is 18.8 Å². The molecule has 4 rings (SSSR count). The van der Waals surface area contributed by atoms with E-state index in [1.807, 2.05) is 6.07 Å². The van der Waals surface area contributed by atoms with E-state index in [0.717, 1.165) is 11.1 Å². The van der Waals surface area contributed by atoms with Gasteiger partial charge in [-0.25, -0.2) is 0 Å². The topological polar surface area (TPSA) is 92.0 Å². The van der Waals surface area contributed by atoms with Crippen molar-refractivity contribution < 1.29 is 19.0 Å². The number of carbonyl (C=O) groups excluding carboxylic acids is 1. The van der Waals surface area contributed by atoms with Gasteiger partial charge in [0.25, 0.3) is 5.56 Å². The van der Waals surface area contributed by atoms with Gasteiger partial charge in [-0.05, 0) is 42.0 Å². The second kappa shape index (κ2) is 7.96. The summed E-state index contributed by atoms with van der Waals surface area (Å²) in [6.45, 7) is 1.34. The molecule has 0 aliphatic heterocycles. The Labute approximate surface area is 175 Å². The molecular formula is C21H17N3O5S. The third kappa shape index (κ3) is 3.74. The molecule has 0 aliphatic carbocycles. The molecule has 0 aliphatic rings.